The molecular weight excluding hydrogens is 226 g/mol. The van der Waals surface area contributed by atoms with Crippen LogP contribution in [0.4, 0.5) is 0 Å². The predicted octanol–water partition coefficient (Wildman–Crippen LogP) is 2.08. The number of hydrogen-bond donors (Lipinski definition) is 1. The third-order valence-corrected chi connectivity index (χ3v) is 3.11. The number of hydrogen-bond acceptors (Lipinski definition) is 3. The van der Waals surface area contributed by atoms with E-state index in [0.29, 0.717) is 19.3 Å². The van der Waals surface area contributed by atoms with E-state index in [1.807, 2.05) is 20.8 Å². The molecule has 0 spiro atoms. The van der Waals surface area contributed by atoms with Gasteiger partial charge >= 0.3 is 0 Å². The summed E-state index contributed by atoms with van der Waals surface area (Å²) >= 11 is 0. The second-order valence-corrected chi connectivity index (χ2v) is 4.48. The summed E-state index contributed by atoms with van der Waals surface area (Å²) < 4.78 is 0. The number of piperidine rings is 1. The second kappa shape index (κ2) is 7.88. The molecule has 1 rings (SSSR count). The lowest BCUT2D eigenvalue weighted by atomic mass is 9.88. The lowest BCUT2D eigenvalue weighted by Gasteiger charge is -2.39. The molecule has 0 unspecified atom stereocenters. The summed E-state index contributed by atoms with van der Waals surface area (Å²) in [5.41, 5.74) is 0.205. The fraction of sp³-hybridized carbons (Fsp3) is 0.714. The van der Waals surface area contributed by atoms with Gasteiger partial charge in [-0.1, -0.05) is 26.0 Å². The van der Waals surface area contributed by atoms with E-state index in [0.717, 1.165) is 18.7 Å². The van der Waals surface area contributed by atoms with Gasteiger partial charge < -0.3 is 10.2 Å². The maximum atomic E-state index is 11.9. The van der Waals surface area contributed by atoms with Crippen molar-refractivity contribution < 1.29 is 4.79 Å². The Kier molecular flexibility index (Phi) is 7.30. The van der Waals surface area contributed by atoms with Crippen LogP contribution in [0.1, 0.15) is 40.0 Å². The molecule has 4 heteroatoms. The number of nitriles is 1. The minimum absolute atomic E-state index is 0.0176. The predicted molar refractivity (Wildman–Crippen MR) is 74.0 cm³/mol. The maximum absolute atomic E-state index is 11.9. The number of rotatable bonds is 3. The van der Waals surface area contributed by atoms with Crippen LogP contribution in [-0.4, -0.2) is 36.5 Å². The lowest BCUT2D eigenvalue weighted by molar-refractivity contribution is -0.133. The summed E-state index contributed by atoms with van der Waals surface area (Å²) in [6.45, 7) is 11.1. The Morgan fingerprint density at radius 2 is 1.94 bits per heavy atom. The Balaban J connectivity index is 0.00000137. The molecule has 1 saturated heterocycles. The number of amides is 1. The Labute approximate surface area is 111 Å². The van der Waals surface area contributed by atoms with E-state index < -0.39 is 5.54 Å². The quantitative estimate of drug-likeness (QED) is 0.781. The van der Waals surface area contributed by atoms with E-state index in [2.05, 4.69) is 18.0 Å². The number of nitrogens with one attached hydrogen (secondary N) is 1. The fourth-order valence-electron chi connectivity index (χ4n) is 1.98. The Morgan fingerprint density at radius 3 is 2.33 bits per heavy atom. The van der Waals surface area contributed by atoms with E-state index in [9.17, 15) is 10.1 Å². The van der Waals surface area contributed by atoms with E-state index in [4.69, 9.17) is 0 Å². The van der Waals surface area contributed by atoms with Crippen LogP contribution in [-0.2, 0) is 4.79 Å². The molecule has 1 N–H and O–H groups in total. The van der Waals surface area contributed by atoms with Crippen LogP contribution in [0.25, 0.3) is 0 Å². The molecule has 1 heterocycles. The first-order valence-electron chi connectivity index (χ1n) is 6.55. The molecule has 1 aliphatic heterocycles. The summed E-state index contributed by atoms with van der Waals surface area (Å²) in [7, 11) is 1.72. The molecule has 0 aromatic heterocycles. The zero-order chi connectivity index (χ0) is 14.2. The molecule has 18 heavy (non-hydrogen) atoms. The Hall–Kier alpha value is -1.34. The molecule has 4 nitrogen and oxygen atoms in total. The van der Waals surface area contributed by atoms with Gasteiger partial charge in [-0.25, -0.2) is 0 Å². The first-order valence-corrected chi connectivity index (χ1v) is 6.55. The Morgan fingerprint density at radius 1 is 1.44 bits per heavy atom. The van der Waals surface area contributed by atoms with E-state index in [1.165, 1.54) is 0 Å². The van der Waals surface area contributed by atoms with Gasteiger partial charge in [-0.15, -0.1) is 0 Å². The summed E-state index contributed by atoms with van der Waals surface area (Å²) in [5.74, 6) is -0.0176. The summed E-state index contributed by atoms with van der Waals surface area (Å²) in [4.78, 5) is 13.5. The monoisotopic (exact) mass is 251 g/mol. The van der Waals surface area contributed by atoms with Gasteiger partial charge in [-0.05, 0) is 32.9 Å². The van der Waals surface area contributed by atoms with Crippen LogP contribution in [0.5, 0.6) is 0 Å². The molecule has 0 bridgehead atoms. The number of nitrogens with zero attached hydrogens (tertiary/aromatic N) is 2. The summed E-state index contributed by atoms with van der Waals surface area (Å²) in [5, 5.41) is 12.5. The molecular formula is C14H25N3O. The van der Waals surface area contributed by atoms with E-state index in [1.54, 1.807) is 11.9 Å². The van der Waals surface area contributed by atoms with Crippen molar-refractivity contribution in [3.8, 4) is 6.07 Å². The van der Waals surface area contributed by atoms with Crippen molar-refractivity contribution in [1.29, 1.82) is 5.26 Å². The lowest BCUT2D eigenvalue weighted by Crippen LogP contribution is -2.54. The molecule has 102 valence electrons. The van der Waals surface area contributed by atoms with Crippen LogP contribution in [0.15, 0.2) is 12.2 Å². The standard InChI is InChI=1S/C12H19N3O.C2H6/c1-10(2)8-11(16)15(3)12(9-13)4-6-14-7-5-12;1-2/h14H,1,4-8H2,2-3H3;1-2H3. The molecule has 1 amide bonds. The minimum atomic E-state index is -0.627. The van der Waals surface area contributed by atoms with Gasteiger partial charge in [0, 0.05) is 13.5 Å². The van der Waals surface area contributed by atoms with Crippen LogP contribution < -0.4 is 5.32 Å². The molecule has 0 atom stereocenters. The van der Waals surface area contributed by atoms with Crippen molar-refractivity contribution >= 4 is 5.91 Å². The zero-order valence-electron chi connectivity index (χ0n) is 12.0. The van der Waals surface area contributed by atoms with Crippen molar-refractivity contribution in [1.82, 2.24) is 10.2 Å². The van der Waals surface area contributed by atoms with Gasteiger partial charge in [-0.3, -0.25) is 4.79 Å². The van der Waals surface area contributed by atoms with Crippen molar-refractivity contribution in [2.45, 2.75) is 45.6 Å². The van der Waals surface area contributed by atoms with Crippen LogP contribution in [0.3, 0.4) is 0 Å². The fourth-order valence-corrected chi connectivity index (χ4v) is 1.98. The van der Waals surface area contributed by atoms with Gasteiger partial charge in [0.15, 0.2) is 0 Å². The summed E-state index contributed by atoms with van der Waals surface area (Å²) in [6, 6.07) is 2.31. The van der Waals surface area contributed by atoms with Crippen molar-refractivity contribution in [2.75, 3.05) is 20.1 Å². The Bertz CT molecular complexity index is 324. The first-order chi connectivity index (χ1) is 8.52. The third kappa shape index (κ3) is 4.15. The van der Waals surface area contributed by atoms with E-state index >= 15 is 0 Å². The zero-order valence-corrected chi connectivity index (χ0v) is 12.0. The van der Waals surface area contributed by atoms with E-state index in [-0.39, 0.29) is 5.91 Å². The third-order valence-electron chi connectivity index (χ3n) is 3.11. The van der Waals surface area contributed by atoms with Gasteiger partial charge in [0.05, 0.1) is 6.07 Å². The molecule has 0 radical (unpaired) electrons. The molecule has 0 aromatic rings. The average molecular weight is 251 g/mol. The molecule has 1 aliphatic rings. The molecule has 1 fully saturated rings. The van der Waals surface area contributed by atoms with Gasteiger partial charge in [0.1, 0.15) is 5.54 Å². The van der Waals surface area contributed by atoms with Gasteiger partial charge in [-0.2, -0.15) is 5.26 Å². The minimum Gasteiger partial charge on any atom is -0.327 e. The molecule has 0 aliphatic carbocycles. The summed E-state index contributed by atoms with van der Waals surface area (Å²) in [6.07, 6.45) is 1.72. The normalized spacial score (nSPS) is 16.8. The maximum Gasteiger partial charge on any atom is 0.227 e. The highest BCUT2D eigenvalue weighted by molar-refractivity contribution is 5.79. The number of carbonyl (C=O) groups excluding carboxylic acids is 1. The van der Waals surface area contributed by atoms with Crippen molar-refractivity contribution in [3.63, 3.8) is 0 Å². The van der Waals surface area contributed by atoms with Crippen molar-refractivity contribution in [3.05, 3.63) is 12.2 Å². The first kappa shape index (κ1) is 16.7. The molecule has 0 aromatic carbocycles. The van der Waals surface area contributed by atoms with Crippen LogP contribution in [0, 0.1) is 11.3 Å². The second-order valence-electron chi connectivity index (χ2n) is 4.48. The van der Waals surface area contributed by atoms with Crippen LogP contribution in [0.2, 0.25) is 0 Å². The largest absolute Gasteiger partial charge is 0.327 e. The topological polar surface area (TPSA) is 56.1 Å². The van der Waals surface area contributed by atoms with Gasteiger partial charge in [0.25, 0.3) is 0 Å². The SMILES string of the molecule is C=C(C)CC(=O)N(C)C1(C#N)CCNCC1.CC. The van der Waals surface area contributed by atoms with Crippen molar-refractivity contribution in [2.24, 2.45) is 0 Å². The van der Waals surface area contributed by atoms with Crippen LogP contribution >= 0.6 is 0 Å². The van der Waals surface area contributed by atoms with Gasteiger partial charge in [0.2, 0.25) is 5.91 Å². The molecule has 0 saturated carbocycles. The highest BCUT2D eigenvalue weighted by Gasteiger charge is 2.38. The highest BCUT2D eigenvalue weighted by atomic mass is 16.2. The number of carbonyl (C=O) groups is 1. The average Bonchev–Trinajstić information content (AvgIpc) is 2.40. The highest BCUT2D eigenvalue weighted by Crippen LogP contribution is 2.25. The smallest absolute Gasteiger partial charge is 0.227 e.